The lowest BCUT2D eigenvalue weighted by Crippen LogP contribution is -2.32. The van der Waals surface area contributed by atoms with Crippen molar-refractivity contribution in [1.82, 2.24) is 0 Å². The lowest BCUT2D eigenvalue weighted by Gasteiger charge is -2.14. The maximum absolute atomic E-state index is 13.7. The van der Waals surface area contributed by atoms with Gasteiger partial charge in [-0.15, -0.1) is 0 Å². The van der Waals surface area contributed by atoms with Gasteiger partial charge in [0.15, 0.2) is 0 Å². The van der Waals surface area contributed by atoms with Crippen LogP contribution in [0.3, 0.4) is 0 Å². The summed E-state index contributed by atoms with van der Waals surface area (Å²) >= 11 is 4.79. The van der Waals surface area contributed by atoms with Crippen LogP contribution in [0.15, 0.2) is 18.2 Å². The quantitative estimate of drug-likeness (QED) is 0.811. The Morgan fingerprint density at radius 3 is 2.76 bits per heavy atom. The second-order valence-corrected chi connectivity index (χ2v) is 4.26. The summed E-state index contributed by atoms with van der Waals surface area (Å²) in [6.07, 6.45) is 0.495. The molecule has 0 saturated carbocycles. The third-order valence-corrected chi connectivity index (χ3v) is 2.80. The van der Waals surface area contributed by atoms with Crippen LogP contribution in [0.5, 0.6) is 0 Å². The van der Waals surface area contributed by atoms with Gasteiger partial charge in [-0.25, -0.2) is 4.39 Å². The Balaban J connectivity index is 2.88. The van der Waals surface area contributed by atoms with E-state index in [1.807, 2.05) is 0 Å². The molecule has 0 heterocycles. The summed E-state index contributed by atoms with van der Waals surface area (Å²) < 4.78 is 13.7. The number of nitrogens with two attached hydrogens (primary N) is 1. The van der Waals surface area contributed by atoms with Crippen molar-refractivity contribution in [3.05, 3.63) is 29.6 Å². The lowest BCUT2D eigenvalue weighted by atomic mass is 10.1. The van der Waals surface area contributed by atoms with Crippen molar-refractivity contribution in [2.75, 3.05) is 5.32 Å². The highest BCUT2D eigenvalue weighted by atomic mass is 32.1. The number of carbonyl (C=O) groups is 1. The average Bonchev–Trinajstić information content (AvgIpc) is 2.25. The molecule has 1 atom stereocenters. The van der Waals surface area contributed by atoms with Gasteiger partial charge in [-0.1, -0.05) is 31.3 Å². The number of nitrogens with one attached hydrogen (secondary N) is 1. The van der Waals surface area contributed by atoms with Gasteiger partial charge in [0, 0.05) is 0 Å². The first-order chi connectivity index (χ1) is 7.97. The summed E-state index contributed by atoms with van der Waals surface area (Å²) in [5, 5.41) is 2.50. The van der Waals surface area contributed by atoms with Gasteiger partial charge < -0.3 is 11.1 Å². The van der Waals surface area contributed by atoms with Gasteiger partial charge in [0.1, 0.15) is 5.82 Å². The molecule has 0 aliphatic heterocycles. The predicted octanol–water partition coefficient (Wildman–Crippen LogP) is 2.38. The number of anilines is 1. The normalized spacial score (nSPS) is 11.9. The maximum atomic E-state index is 13.7. The summed E-state index contributed by atoms with van der Waals surface area (Å²) in [6.45, 7) is 3.44. The monoisotopic (exact) mass is 254 g/mol. The highest BCUT2D eigenvalue weighted by Crippen LogP contribution is 2.18. The molecule has 0 spiro atoms. The molecule has 0 aliphatic rings. The van der Waals surface area contributed by atoms with Gasteiger partial charge in [-0.05, 0) is 25.0 Å². The summed E-state index contributed by atoms with van der Waals surface area (Å²) in [6, 6.07) is 4.82. The molecule has 0 aromatic heterocycles. The van der Waals surface area contributed by atoms with Crippen LogP contribution >= 0.6 is 12.2 Å². The van der Waals surface area contributed by atoms with Crippen molar-refractivity contribution < 1.29 is 9.18 Å². The van der Waals surface area contributed by atoms with Gasteiger partial charge in [0.2, 0.25) is 5.91 Å². The largest absolute Gasteiger partial charge is 0.393 e. The lowest BCUT2D eigenvalue weighted by molar-refractivity contribution is -0.118. The number of halogens is 1. The number of hydrogen-bond acceptors (Lipinski definition) is 2. The van der Waals surface area contributed by atoms with Gasteiger partial charge in [-0.3, -0.25) is 4.79 Å². The van der Waals surface area contributed by atoms with E-state index < -0.39 is 11.7 Å². The van der Waals surface area contributed by atoms with Crippen molar-refractivity contribution in [3.63, 3.8) is 0 Å². The van der Waals surface area contributed by atoms with E-state index >= 15 is 0 Å². The van der Waals surface area contributed by atoms with Crippen LogP contribution in [0.1, 0.15) is 18.9 Å². The van der Waals surface area contributed by atoms with E-state index in [1.165, 1.54) is 6.07 Å². The molecule has 3 N–H and O–H groups in total. The van der Waals surface area contributed by atoms with Gasteiger partial charge in [-0.2, -0.15) is 0 Å². The first-order valence-corrected chi connectivity index (χ1v) is 5.73. The van der Waals surface area contributed by atoms with E-state index in [-0.39, 0.29) is 16.6 Å². The van der Waals surface area contributed by atoms with Gasteiger partial charge in [0.25, 0.3) is 0 Å². The molecule has 0 radical (unpaired) electrons. The highest BCUT2D eigenvalue weighted by molar-refractivity contribution is 7.80. The van der Waals surface area contributed by atoms with Crippen molar-refractivity contribution in [3.8, 4) is 0 Å². The van der Waals surface area contributed by atoms with E-state index in [4.69, 9.17) is 18.0 Å². The molecule has 0 saturated heterocycles. The third-order valence-electron chi connectivity index (χ3n) is 2.52. The second kappa shape index (κ2) is 5.72. The first-order valence-electron chi connectivity index (χ1n) is 5.32. The maximum Gasteiger partial charge on any atom is 0.234 e. The molecular formula is C12H15FN2OS. The Kier molecular flexibility index (Phi) is 4.57. The Morgan fingerprint density at radius 1 is 1.59 bits per heavy atom. The zero-order chi connectivity index (χ0) is 13.0. The molecule has 1 amide bonds. The molecule has 17 heavy (non-hydrogen) atoms. The van der Waals surface area contributed by atoms with Gasteiger partial charge >= 0.3 is 0 Å². The van der Waals surface area contributed by atoms with Crippen LogP contribution in [-0.4, -0.2) is 10.9 Å². The van der Waals surface area contributed by atoms with Crippen LogP contribution in [-0.2, 0) is 4.79 Å². The zero-order valence-corrected chi connectivity index (χ0v) is 10.6. The number of aryl methyl sites for hydroxylation is 1. The number of amides is 1. The standard InChI is InChI=1S/C12H15FN2OS/c1-3-8(11(14)17)12(16)15-9-6-4-5-7(2)10(9)13/h4-6,8H,3H2,1-2H3,(H2,14,17)(H,15,16). The average molecular weight is 254 g/mol. The van der Waals surface area contributed by atoms with Crippen LogP contribution in [0.4, 0.5) is 10.1 Å². The summed E-state index contributed by atoms with van der Waals surface area (Å²) in [5.74, 6) is -1.37. The summed E-state index contributed by atoms with van der Waals surface area (Å²) in [7, 11) is 0. The van der Waals surface area contributed by atoms with E-state index in [1.54, 1.807) is 26.0 Å². The second-order valence-electron chi connectivity index (χ2n) is 3.79. The molecule has 0 bridgehead atoms. The minimum Gasteiger partial charge on any atom is -0.393 e. The molecule has 92 valence electrons. The van der Waals surface area contributed by atoms with Crippen molar-refractivity contribution >= 4 is 28.8 Å². The molecule has 3 nitrogen and oxygen atoms in total. The van der Waals surface area contributed by atoms with Crippen molar-refractivity contribution in [2.45, 2.75) is 20.3 Å². The smallest absolute Gasteiger partial charge is 0.234 e. The van der Waals surface area contributed by atoms with Crippen molar-refractivity contribution in [2.24, 2.45) is 11.7 Å². The Bertz CT molecular complexity index is 448. The fraction of sp³-hybridized carbons (Fsp3) is 0.333. The topological polar surface area (TPSA) is 55.1 Å². The zero-order valence-electron chi connectivity index (χ0n) is 9.79. The van der Waals surface area contributed by atoms with Crippen LogP contribution in [0, 0.1) is 18.7 Å². The first kappa shape index (κ1) is 13.6. The minimum absolute atomic E-state index is 0.123. The van der Waals surface area contributed by atoms with Crippen LogP contribution in [0.2, 0.25) is 0 Å². The van der Waals surface area contributed by atoms with E-state index in [0.29, 0.717) is 12.0 Å². The predicted molar refractivity (Wildman–Crippen MR) is 70.3 cm³/mol. The Hall–Kier alpha value is -1.49. The number of carbonyl (C=O) groups excluding carboxylic acids is 1. The fourth-order valence-electron chi connectivity index (χ4n) is 1.48. The summed E-state index contributed by atoms with van der Waals surface area (Å²) in [4.78, 5) is 11.9. The van der Waals surface area contributed by atoms with E-state index in [0.717, 1.165) is 0 Å². The third kappa shape index (κ3) is 3.23. The molecular weight excluding hydrogens is 239 g/mol. The van der Waals surface area contributed by atoms with Gasteiger partial charge in [0.05, 0.1) is 16.6 Å². The molecule has 1 aromatic rings. The number of thiocarbonyl (C=S) groups is 1. The van der Waals surface area contributed by atoms with Crippen molar-refractivity contribution in [1.29, 1.82) is 0 Å². The number of benzene rings is 1. The molecule has 1 rings (SSSR count). The van der Waals surface area contributed by atoms with Crippen LogP contribution < -0.4 is 11.1 Å². The molecule has 5 heteroatoms. The highest BCUT2D eigenvalue weighted by Gasteiger charge is 2.20. The van der Waals surface area contributed by atoms with E-state index in [9.17, 15) is 9.18 Å². The number of hydrogen-bond donors (Lipinski definition) is 2. The molecule has 0 aliphatic carbocycles. The minimum atomic E-state index is -0.565. The SMILES string of the molecule is CCC(C(=O)Nc1cccc(C)c1F)C(N)=S. The number of rotatable bonds is 4. The van der Waals surface area contributed by atoms with Crippen LogP contribution in [0.25, 0.3) is 0 Å². The Labute approximate surface area is 105 Å². The fourth-order valence-corrected chi connectivity index (χ4v) is 1.75. The molecule has 1 aromatic carbocycles. The van der Waals surface area contributed by atoms with E-state index in [2.05, 4.69) is 5.32 Å². The molecule has 1 unspecified atom stereocenters. The summed E-state index contributed by atoms with van der Waals surface area (Å²) in [5.41, 5.74) is 6.08. The molecule has 0 fully saturated rings. The Morgan fingerprint density at radius 2 is 2.24 bits per heavy atom.